The second kappa shape index (κ2) is 6.08. The first-order valence-corrected chi connectivity index (χ1v) is 8.67. The third-order valence-electron chi connectivity index (χ3n) is 4.29. The number of anilines is 1. The Morgan fingerprint density at radius 3 is 2.55 bits per heavy atom. The van der Waals surface area contributed by atoms with E-state index in [0.29, 0.717) is 0 Å². The van der Waals surface area contributed by atoms with E-state index in [-0.39, 0.29) is 0 Å². The van der Waals surface area contributed by atoms with E-state index in [4.69, 9.17) is 0 Å². The lowest BCUT2D eigenvalue weighted by Gasteiger charge is -2.21. The highest BCUT2D eigenvalue weighted by Gasteiger charge is 2.20. The zero-order valence-corrected chi connectivity index (χ0v) is 13.3. The van der Waals surface area contributed by atoms with Crippen LogP contribution in [0.4, 0.5) is 5.82 Å². The van der Waals surface area contributed by atoms with Gasteiger partial charge in [-0.05, 0) is 45.1 Å². The highest BCUT2D eigenvalue weighted by molar-refractivity contribution is 7.18. The van der Waals surface area contributed by atoms with Crippen LogP contribution in [-0.2, 0) is 12.8 Å². The Bertz CT molecular complexity index is 587. The van der Waals surface area contributed by atoms with Gasteiger partial charge < -0.3 is 4.90 Å². The molecule has 2 heterocycles. The van der Waals surface area contributed by atoms with Gasteiger partial charge in [0.2, 0.25) is 0 Å². The summed E-state index contributed by atoms with van der Waals surface area (Å²) in [6.07, 6.45) is 9.55. The second-order valence-electron chi connectivity index (χ2n) is 5.47. The molecular formula is C16H23N3S. The largest absolute Gasteiger partial charge is 0.357 e. The number of rotatable bonds is 3. The fourth-order valence-corrected chi connectivity index (χ4v) is 4.41. The molecule has 0 spiro atoms. The van der Waals surface area contributed by atoms with Crippen molar-refractivity contribution < 1.29 is 0 Å². The lowest BCUT2D eigenvalue weighted by Crippen LogP contribution is -2.23. The average Bonchev–Trinajstić information content (AvgIpc) is 2.78. The van der Waals surface area contributed by atoms with Crippen LogP contribution in [0.2, 0.25) is 0 Å². The Kier molecular flexibility index (Phi) is 4.20. The molecule has 0 N–H and O–H groups in total. The number of hydrogen-bond acceptors (Lipinski definition) is 4. The molecule has 4 heteroatoms. The van der Waals surface area contributed by atoms with Crippen molar-refractivity contribution in [2.24, 2.45) is 0 Å². The SMILES string of the molecule is CCN(CC)c1ncnc2sc3c(c12)CCCCCC3. The summed E-state index contributed by atoms with van der Waals surface area (Å²) in [5.41, 5.74) is 1.55. The van der Waals surface area contributed by atoms with Crippen LogP contribution in [-0.4, -0.2) is 23.1 Å². The summed E-state index contributed by atoms with van der Waals surface area (Å²) in [4.78, 5) is 14.3. The molecule has 3 rings (SSSR count). The summed E-state index contributed by atoms with van der Waals surface area (Å²) >= 11 is 1.90. The molecule has 0 bridgehead atoms. The molecule has 0 aliphatic heterocycles. The number of nitrogens with zero attached hydrogens (tertiary/aromatic N) is 3. The van der Waals surface area contributed by atoms with E-state index in [1.54, 1.807) is 16.8 Å². The number of fused-ring (bicyclic) bond motifs is 3. The normalized spacial score (nSPS) is 15.7. The van der Waals surface area contributed by atoms with E-state index in [1.807, 2.05) is 11.3 Å². The Balaban J connectivity index is 2.16. The number of aryl methyl sites for hydroxylation is 2. The minimum absolute atomic E-state index is 1.01. The van der Waals surface area contributed by atoms with E-state index >= 15 is 0 Å². The lowest BCUT2D eigenvalue weighted by molar-refractivity contribution is 0.623. The van der Waals surface area contributed by atoms with Gasteiger partial charge in [-0.3, -0.25) is 0 Å². The number of thiophene rings is 1. The van der Waals surface area contributed by atoms with Crippen LogP contribution in [0.15, 0.2) is 6.33 Å². The minimum Gasteiger partial charge on any atom is -0.357 e. The molecule has 0 radical (unpaired) electrons. The third kappa shape index (κ3) is 2.41. The topological polar surface area (TPSA) is 29.0 Å². The quantitative estimate of drug-likeness (QED) is 0.848. The zero-order chi connectivity index (χ0) is 13.9. The van der Waals surface area contributed by atoms with E-state index in [1.165, 1.54) is 48.7 Å². The molecule has 0 atom stereocenters. The summed E-state index contributed by atoms with van der Waals surface area (Å²) in [5, 5.41) is 1.35. The Hall–Kier alpha value is -1.16. The van der Waals surface area contributed by atoms with E-state index in [0.717, 1.165) is 18.9 Å². The molecule has 2 aromatic heterocycles. The van der Waals surface area contributed by atoms with Crippen LogP contribution in [0.25, 0.3) is 10.2 Å². The van der Waals surface area contributed by atoms with Gasteiger partial charge >= 0.3 is 0 Å². The fourth-order valence-electron chi connectivity index (χ4n) is 3.19. The summed E-state index contributed by atoms with van der Waals surface area (Å²) in [6, 6.07) is 0. The van der Waals surface area contributed by atoms with Gasteiger partial charge in [0, 0.05) is 18.0 Å². The first-order valence-electron chi connectivity index (χ1n) is 7.85. The first-order chi connectivity index (χ1) is 9.85. The molecule has 0 unspecified atom stereocenters. The van der Waals surface area contributed by atoms with E-state index in [2.05, 4.69) is 28.7 Å². The monoisotopic (exact) mass is 289 g/mol. The van der Waals surface area contributed by atoms with Gasteiger partial charge in [0.25, 0.3) is 0 Å². The van der Waals surface area contributed by atoms with Crippen molar-refractivity contribution >= 4 is 27.4 Å². The van der Waals surface area contributed by atoms with Gasteiger partial charge in [-0.25, -0.2) is 9.97 Å². The third-order valence-corrected chi connectivity index (χ3v) is 5.49. The Labute approximate surface area is 125 Å². The molecular weight excluding hydrogens is 266 g/mol. The maximum Gasteiger partial charge on any atom is 0.141 e. The number of aromatic nitrogens is 2. The standard InChI is InChI=1S/C16H23N3S/c1-3-19(4-2)15-14-12-9-7-5-6-8-10-13(12)20-16(14)18-11-17-15/h11H,3-10H2,1-2H3. The van der Waals surface area contributed by atoms with Gasteiger partial charge in [0.05, 0.1) is 5.39 Å². The van der Waals surface area contributed by atoms with Crippen molar-refractivity contribution in [2.75, 3.05) is 18.0 Å². The second-order valence-corrected chi connectivity index (χ2v) is 6.55. The van der Waals surface area contributed by atoms with Crippen LogP contribution in [0.5, 0.6) is 0 Å². The average molecular weight is 289 g/mol. The van der Waals surface area contributed by atoms with Crippen LogP contribution in [0, 0.1) is 0 Å². The van der Waals surface area contributed by atoms with Gasteiger partial charge in [-0.2, -0.15) is 0 Å². The molecule has 1 aliphatic carbocycles. The molecule has 0 fully saturated rings. The summed E-state index contributed by atoms with van der Waals surface area (Å²) < 4.78 is 0. The van der Waals surface area contributed by atoms with Gasteiger partial charge in [0.1, 0.15) is 17.0 Å². The maximum absolute atomic E-state index is 4.60. The summed E-state index contributed by atoms with van der Waals surface area (Å²) in [5.74, 6) is 1.15. The zero-order valence-electron chi connectivity index (χ0n) is 12.5. The molecule has 2 aromatic rings. The molecule has 20 heavy (non-hydrogen) atoms. The van der Waals surface area contributed by atoms with Crippen molar-refractivity contribution in [1.29, 1.82) is 0 Å². The van der Waals surface area contributed by atoms with Crippen molar-refractivity contribution in [3.05, 3.63) is 16.8 Å². The number of hydrogen-bond donors (Lipinski definition) is 0. The first kappa shape index (κ1) is 13.8. The summed E-state index contributed by atoms with van der Waals surface area (Å²) in [6.45, 7) is 6.42. The fraction of sp³-hybridized carbons (Fsp3) is 0.625. The summed E-state index contributed by atoms with van der Waals surface area (Å²) in [7, 11) is 0. The highest BCUT2D eigenvalue weighted by Crippen LogP contribution is 2.38. The lowest BCUT2D eigenvalue weighted by atomic mass is 9.97. The Morgan fingerprint density at radius 1 is 1.05 bits per heavy atom. The van der Waals surface area contributed by atoms with Crippen molar-refractivity contribution in [3.63, 3.8) is 0 Å². The molecule has 0 amide bonds. The van der Waals surface area contributed by atoms with Gasteiger partial charge in [0.15, 0.2) is 0 Å². The van der Waals surface area contributed by atoms with Crippen molar-refractivity contribution in [3.8, 4) is 0 Å². The predicted molar refractivity (Wildman–Crippen MR) is 86.9 cm³/mol. The maximum atomic E-state index is 4.60. The van der Waals surface area contributed by atoms with Crippen LogP contribution in [0.3, 0.4) is 0 Å². The smallest absolute Gasteiger partial charge is 0.141 e. The minimum atomic E-state index is 1.01. The van der Waals surface area contributed by atoms with Crippen molar-refractivity contribution in [1.82, 2.24) is 9.97 Å². The molecule has 0 saturated heterocycles. The molecule has 3 nitrogen and oxygen atoms in total. The molecule has 1 aliphatic rings. The molecule has 108 valence electrons. The van der Waals surface area contributed by atoms with E-state index in [9.17, 15) is 0 Å². The Morgan fingerprint density at radius 2 is 1.80 bits per heavy atom. The van der Waals surface area contributed by atoms with Crippen LogP contribution >= 0.6 is 11.3 Å². The molecule has 0 saturated carbocycles. The van der Waals surface area contributed by atoms with Crippen molar-refractivity contribution in [2.45, 2.75) is 52.4 Å². The van der Waals surface area contributed by atoms with E-state index < -0.39 is 0 Å². The van der Waals surface area contributed by atoms with Gasteiger partial charge in [-0.1, -0.05) is 12.8 Å². The van der Waals surface area contributed by atoms with Crippen LogP contribution < -0.4 is 4.90 Å². The highest BCUT2D eigenvalue weighted by atomic mass is 32.1. The predicted octanol–water partition coefficient (Wildman–Crippen LogP) is 4.20. The van der Waals surface area contributed by atoms with Crippen LogP contribution in [0.1, 0.15) is 50.0 Å². The molecule has 0 aromatic carbocycles. The van der Waals surface area contributed by atoms with Gasteiger partial charge in [-0.15, -0.1) is 11.3 Å².